The van der Waals surface area contributed by atoms with E-state index < -0.39 is 4.83 Å². The molecule has 0 heterocycles. The first-order valence-corrected chi connectivity index (χ1v) is 6.14. The molecule has 17 heavy (non-hydrogen) atoms. The van der Waals surface area contributed by atoms with Crippen molar-refractivity contribution >= 4 is 21.9 Å². The van der Waals surface area contributed by atoms with Crippen molar-refractivity contribution in [3.8, 4) is 5.75 Å². The summed E-state index contributed by atoms with van der Waals surface area (Å²) in [6, 6.07) is 7.68. The van der Waals surface area contributed by atoms with Crippen molar-refractivity contribution in [1.29, 1.82) is 0 Å². The summed E-state index contributed by atoms with van der Waals surface area (Å²) in [7, 11) is 1.35. The molecule has 0 spiro atoms. The van der Waals surface area contributed by atoms with E-state index in [-0.39, 0.29) is 12.6 Å². The summed E-state index contributed by atoms with van der Waals surface area (Å²) in [4.78, 5) is 10.7. The lowest BCUT2D eigenvalue weighted by Gasteiger charge is -2.12. The van der Waals surface area contributed by atoms with E-state index in [9.17, 15) is 4.79 Å². The van der Waals surface area contributed by atoms with Gasteiger partial charge in [0, 0.05) is 0 Å². The largest absolute Gasteiger partial charge is 0.492 e. The molecular weight excluding hydrogens is 284 g/mol. The third kappa shape index (κ3) is 4.23. The topological polar surface area (TPSA) is 35.5 Å². The Balaban J connectivity index is 2.62. The van der Waals surface area contributed by atoms with E-state index in [1.165, 1.54) is 7.11 Å². The second-order valence-electron chi connectivity index (χ2n) is 3.40. The summed E-state index contributed by atoms with van der Waals surface area (Å²) in [5, 5.41) is 0. The number of ether oxygens (including phenoxy) is 2. The lowest BCUT2D eigenvalue weighted by atomic mass is 10.1. The third-order valence-electron chi connectivity index (χ3n) is 2.18. The average molecular weight is 299 g/mol. The van der Waals surface area contributed by atoms with E-state index in [0.29, 0.717) is 0 Å². The van der Waals surface area contributed by atoms with Crippen molar-refractivity contribution in [1.82, 2.24) is 0 Å². The first-order chi connectivity index (χ1) is 8.19. The Morgan fingerprint density at radius 1 is 1.53 bits per heavy atom. The quantitative estimate of drug-likeness (QED) is 0.460. The Labute approximate surface area is 110 Å². The first kappa shape index (κ1) is 13.8. The van der Waals surface area contributed by atoms with Gasteiger partial charge in [-0.15, -0.1) is 6.58 Å². The predicted molar refractivity (Wildman–Crippen MR) is 70.6 cm³/mol. The van der Waals surface area contributed by atoms with Gasteiger partial charge in [-0.25, -0.2) is 0 Å². The first-order valence-electron chi connectivity index (χ1n) is 5.22. The fourth-order valence-electron chi connectivity index (χ4n) is 1.33. The molecule has 1 aromatic carbocycles. The number of hydrogen-bond acceptors (Lipinski definition) is 3. The highest BCUT2D eigenvalue weighted by Crippen LogP contribution is 2.19. The van der Waals surface area contributed by atoms with E-state index in [1.54, 1.807) is 0 Å². The van der Waals surface area contributed by atoms with E-state index in [1.807, 2.05) is 30.3 Å². The monoisotopic (exact) mass is 298 g/mol. The molecule has 0 radical (unpaired) electrons. The van der Waals surface area contributed by atoms with Crippen LogP contribution in [-0.4, -0.2) is 24.5 Å². The van der Waals surface area contributed by atoms with Crippen LogP contribution in [0.1, 0.15) is 5.56 Å². The van der Waals surface area contributed by atoms with Crippen LogP contribution in [0.2, 0.25) is 0 Å². The molecule has 0 N–H and O–H groups in total. The van der Waals surface area contributed by atoms with Gasteiger partial charge in [-0.05, 0) is 18.1 Å². The van der Waals surface area contributed by atoms with Gasteiger partial charge in [-0.1, -0.05) is 40.2 Å². The van der Waals surface area contributed by atoms with Crippen LogP contribution in [0, 0.1) is 0 Å². The zero-order chi connectivity index (χ0) is 12.7. The summed E-state index contributed by atoms with van der Waals surface area (Å²) < 4.78 is 10.2. The number of benzene rings is 1. The van der Waals surface area contributed by atoms with Crippen LogP contribution in [0.15, 0.2) is 36.9 Å². The number of allylic oxidation sites excluding steroid dienone is 1. The van der Waals surface area contributed by atoms with E-state index in [0.717, 1.165) is 17.7 Å². The number of para-hydroxylation sites is 1. The fraction of sp³-hybridized carbons (Fsp3) is 0.308. The molecule has 0 bridgehead atoms. The minimum Gasteiger partial charge on any atom is -0.492 e. The average Bonchev–Trinajstić information content (AvgIpc) is 2.36. The molecule has 0 aliphatic heterocycles. The Hall–Kier alpha value is -1.29. The molecule has 0 saturated heterocycles. The van der Waals surface area contributed by atoms with Gasteiger partial charge in [0.15, 0.2) is 0 Å². The molecule has 1 aromatic rings. The standard InChI is InChI=1S/C13H15BrO3/c1-3-6-10-7-4-5-8-12(10)17-9-11(14)13(15)16-2/h3-5,7-8,11H,1,6,9H2,2H3. The zero-order valence-electron chi connectivity index (χ0n) is 9.69. The van der Waals surface area contributed by atoms with E-state index >= 15 is 0 Å². The fourth-order valence-corrected chi connectivity index (χ4v) is 1.65. The van der Waals surface area contributed by atoms with Gasteiger partial charge in [0.1, 0.15) is 17.2 Å². The summed E-state index contributed by atoms with van der Waals surface area (Å²) in [6.07, 6.45) is 2.55. The van der Waals surface area contributed by atoms with Gasteiger partial charge < -0.3 is 9.47 Å². The van der Waals surface area contributed by atoms with E-state index in [4.69, 9.17) is 4.74 Å². The maximum atomic E-state index is 11.2. The molecule has 1 atom stereocenters. The Morgan fingerprint density at radius 3 is 2.88 bits per heavy atom. The number of methoxy groups -OCH3 is 1. The molecule has 0 aliphatic carbocycles. The van der Waals surface area contributed by atoms with Crippen molar-refractivity contribution in [3.05, 3.63) is 42.5 Å². The van der Waals surface area contributed by atoms with Gasteiger partial charge in [0.05, 0.1) is 7.11 Å². The highest BCUT2D eigenvalue weighted by molar-refractivity contribution is 9.10. The number of alkyl halides is 1. The third-order valence-corrected chi connectivity index (χ3v) is 2.82. The minimum atomic E-state index is -0.454. The Bertz CT molecular complexity index is 390. The normalized spacial score (nSPS) is 11.6. The second kappa shape index (κ2) is 7.12. The van der Waals surface area contributed by atoms with Crippen LogP contribution in [0.4, 0.5) is 0 Å². The van der Waals surface area contributed by atoms with Crippen molar-refractivity contribution < 1.29 is 14.3 Å². The van der Waals surface area contributed by atoms with Gasteiger partial charge >= 0.3 is 5.97 Å². The van der Waals surface area contributed by atoms with Gasteiger partial charge in [0.25, 0.3) is 0 Å². The van der Waals surface area contributed by atoms with Crippen molar-refractivity contribution in [2.24, 2.45) is 0 Å². The minimum absolute atomic E-state index is 0.237. The number of esters is 1. The molecule has 1 unspecified atom stereocenters. The smallest absolute Gasteiger partial charge is 0.322 e. The van der Waals surface area contributed by atoms with Crippen molar-refractivity contribution in [2.45, 2.75) is 11.2 Å². The van der Waals surface area contributed by atoms with Crippen LogP contribution in [0.25, 0.3) is 0 Å². The zero-order valence-corrected chi connectivity index (χ0v) is 11.3. The van der Waals surface area contributed by atoms with Gasteiger partial charge in [-0.3, -0.25) is 4.79 Å². The maximum absolute atomic E-state index is 11.2. The van der Waals surface area contributed by atoms with E-state index in [2.05, 4.69) is 27.2 Å². The number of hydrogen-bond donors (Lipinski definition) is 0. The second-order valence-corrected chi connectivity index (χ2v) is 4.51. The van der Waals surface area contributed by atoms with Crippen LogP contribution in [0.3, 0.4) is 0 Å². The molecule has 3 nitrogen and oxygen atoms in total. The molecule has 0 fully saturated rings. The Kier molecular flexibility index (Phi) is 5.77. The molecule has 4 heteroatoms. The lowest BCUT2D eigenvalue weighted by Crippen LogP contribution is -2.23. The molecule has 92 valence electrons. The summed E-state index contributed by atoms with van der Waals surface area (Å²) in [5.74, 6) is 0.423. The summed E-state index contributed by atoms with van der Waals surface area (Å²) in [6.45, 7) is 3.93. The van der Waals surface area contributed by atoms with Gasteiger partial charge in [0.2, 0.25) is 0 Å². The number of halogens is 1. The molecule has 1 rings (SSSR count). The van der Waals surface area contributed by atoms with Crippen molar-refractivity contribution in [2.75, 3.05) is 13.7 Å². The van der Waals surface area contributed by atoms with Crippen LogP contribution >= 0.6 is 15.9 Å². The number of carbonyl (C=O) groups excluding carboxylic acids is 1. The van der Waals surface area contributed by atoms with Crippen LogP contribution in [0.5, 0.6) is 5.75 Å². The summed E-state index contributed by atoms with van der Waals surface area (Å²) >= 11 is 3.20. The molecular formula is C13H15BrO3. The maximum Gasteiger partial charge on any atom is 0.322 e. The van der Waals surface area contributed by atoms with Gasteiger partial charge in [-0.2, -0.15) is 0 Å². The highest BCUT2D eigenvalue weighted by Gasteiger charge is 2.16. The van der Waals surface area contributed by atoms with Crippen molar-refractivity contribution in [3.63, 3.8) is 0 Å². The lowest BCUT2D eigenvalue weighted by molar-refractivity contribution is -0.140. The molecule has 0 aromatic heterocycles. The molecule has 0 aliphatic rings. The molecule has 0 amide bonds. The SMILES string of the molecule is C=CCc1ccccc1OCC(Br)C(=O)OC. The summed E-state index contributed by atoms with van der Waals surface area (Å²) in [5.41, 5.74) is 1.05. The predicted octanol–water partition coefficient (Wildman–Crippen LogP) is 2.73. The number of rotatable bonds is 6. The van der Waals surface area contributed by atoms with Crippen LogP contribution in [-0.2, 0) is 16.0 Å². The Morgan fingerprint density at radius 2 is 2.24 bits per heavy atom. The number of carbonyl (C=O) groups is 1. The molecule has 0 saturated carbocycles. The highest BCUT2D eigenvalue weighted by atomic mass is 79.9. The van der Waals surface area contributed by atoms with Crippen LogP contribution < -0.4 is 4.74 Å².